The van der Waals surface area contributed by atoms with Gasteiger partial charge in [-0.15, -0.1) is 0 Å². The largest absolute Gasteiger partial charge is 0.481 e. The van der Waals surface area contributed by atoms with Crippen LogP contribution in [0.5, 0.6) is 0 Å². The van der Waals surface area contributed by atoms with Gasteiger partial charge in [0.25, 0.3) is 0 Å². The number of urea groups is 1. The number of nitrogens with one attached hydrogen (secondary N) is 3. The quantitative estimate of drug-likeness (QED) is 0.553. The molecule has 0 saturated carbocycles. The fourth-order valence-corrected chi connectivity index (χ4v) is 1.51. The van der Waals surface area contributed by atoms with Crippen LogP contribution in [-0.2, 0) is 9.59 Å². The summed E-state index contributed by atoms with van der Waals surface area (Å²) in [7, 11) is 1.46. The van der Waals surface area contributed by atoms with E-state index in [0.717, 1.165) is 0 Å². The van der Waals surface area contributed by atoms with Gasteiger partial charge in [-0.2, -0.15) is 0 Å². The Kier molecular flexibility index (Phi) is 6.89. The number of aliphatic carboxylic acids is 1. The number of carbonyl (C=O) groups excluding carboxylic acids is 2. The molecule has 0 aromatic rings. The first-order chi connectivity index (χ1) is 8.65. The van der Waals surface area contributed by atoms with Gasteiger partial charge in [0.2, 0.25) is 5.91 Å². The molecule has 7 nitrogen and oxygen atoms in total. The van der Waals surface area contributed by atoms with Crippen molar-refractivity contribution in [2.75, 3.05) is 20.1 Å². The van der Waals surface area contributed by atoms with E-state index in [1.807, 2.05) is 20.8 Å². The summed E-state index contributed by atoms with van der Waals surface area (Å²) >= 11 is 0. The Morgan fingerprint density at radius 3 is 2.16 bits per heavy atom. The zero-order valence-electron chi connectivity index (χ0n) is 11.9. The van der Waals surface area contributed by atoms with E-state index < -0.39 is 17.9 Å². The molecular formula is C12H23N3O4. The number of carboxylic acid groups (broad SMARTS) is 1. The van der Waals surface area contributed by atoms with Crippen molar-refractivity contribution in [2.45, 2.75) is 27.2 Å². The van der Waals surface area contributed by atoms with Gasteiger partial charge in [-0.3, -0.25) is 9.59 Å². The summed E-state index contributed by atoms with van der Waals surface area (Å²) in [6, 6.07) is -0.552. The molecule has 0 fully saturated rings. The van der Waals surface area contributed by atoms with Gasteiger partial charge in [-0.05, 0) is 11.8 Å². The number of hydrogen-bond donors (Lipinski definition) is 4. The molecule has 110 valence electrons. The molecule has 1 unspecified atom stereocenters. The summed E-state index contributed by atoms with van der Waals surface area (Å²) in [4.78, 5) is 33.3. The van der Waals surface area contributed by atoms with E-state index in [0.29, 0.717) is 6.42 Å². The minimum atomic E-state index is -0.943. The molecule has 0 aromatic carbocycles. The zero-order valence-corrected chi connectivity index (χ0v) is 11.9. The lowest BCUT2D eigenvalue weighted by atomic mass is 9.84. The van der Waals surface area contributed by atoms with Gasteiger partial charge in [0.1, 0.15) is 0 Å². The van der Waals surface area contributed by atoms with Crippen molar-refractivity contribution < 1.29 is 19.5 Å². The summed E-state index contributed by atoms with van der Waals surface area (Å²) in [5.74, 6) is -1.91. The molecule has 3 amide bonds. The minimum absolute atomic E-state index is 0.0339. The monoisotopic (exact) mass is 273 g/mol. The van der Waals surface area contributed by atoms with E-state index in [9.17, 15) is 14.4 Å². The van der Waals surface area contributed by atoms with E-state index >= 15 is 0 Å². The molecule has 0 spiro atoms. The molecular weight excluding hydrogens is 250 g/mol. The molecule has 0 rings (SSSR count). The van der Waals surface area contributed by atoms with Crippen molar-refractivity contribution in [2.24, 2.45) is 11.3 Å². The summed E-state index contributed by atoms with van der Waals surface area (Å²) in [6.07, 6.45) is 0.456. The first kappa shape index (κ1) is 17.2. The molecule has 0 bridgehead atoms. The maximum atomic E-state index is 11.4. The number of amides is 3. The third-order valence-electron chi connectivity index (χ3n) is 2.41. The highest BCUT2D eigenvalue weighted by Crippen LogP contribution is 2.24. The predicted octanol–water partition coefficient (Wildman–Crippen LogP) is 0.169. The molecule has 0 aliphatic rings. The summed E-state index contributed by atoms with van der Waals surface area (Å²) in [6.45, 7) is 5.71. The Bertz CT molecular complexity index is 336. The number of hydrogen-bond acceptors (Lipinski definition) is 3. The average molecular weight is 273 g/mol. The molecule has 7 heteroatoms. The van der Waals surface area contributed by atoms with E-state index in [1.54, 1.807) is 0 Å². The van der Waals surface area contributed by atoms with E-state index in [2.05, 4.69) is 16.0 Å². The fourth-order valence-electron chi connectivity index (χ4n) is 1.51. The molecule has 0 radical (unpaired) electrons. The van der Waals surface area contributed by atoms with Gasteiger partial charge in [0.05, 0.1) is 12.5 Å². The minimum Gasteiger partial charge on any atom is -0.481 e. The Labute approximate surface area is 113 Å². The van der Waals surface area contributed by atoms with Gasteiger partial charge < -0.3 is 21.1 Å². The highest BCUT2D eigenvalue weighted by molar-refractivity contribution is 5.83. The SMILES string of the molecule is CNC(=O)CNC(=O)NCC(CC(C)(C)C)C(=O)O. The standard InChI is InChI=1S/C12H23N3O4/c1-12(2,3)5-8(10(17)18)6-14-11(19)15-7-9(16)13-4/h8H,5-7H2,1-4H3,(H,13,16)(H,17,18)(H2,14,15,19). The predicted molar refractivity (Wildman–Crippen MR) is 70.7 cm³/mol. The van der Waals surface area contributed by atoms with Crippen molar-refractivity contribution in [3.63, 3.8) is 0 Å². The number of rotatable bonds is 6. The number of likely N-dealkylation sites (N-methyl/N-ethyl adjacent to an activating group) is 1. The van der Waals surface area contributed by atoms with Crippen LogP contribution < -0.4 is 16.0 Å². The smallest absolute Gasteiger partial charge is 0.315 e. The third kappa shape index (κ3) is 8.87. The van der Waals surface area contributed by atoms with Crippen LogP contribution in [-0.4, -0.2) is 43.2 Å². The van der Waals surface area contributed by atoms with Gasteiger partial charge in [0.15, 0.2) is 0 Å². The summed E-state index contributed by atoms with van der Waals surface area (Å²) < 4.78 is 0. The molecule has 19 heavy (non-hydrogen) atoms. The lowest BCUT2D eigenvalue weighted by Gasteiger charge is -2.23. The highest BCUT2D eigenvalue weighted by Gasteiger charge is 2.24. The van der Waals surface area contributed by atoms with Crippen molar-refractivity contribution in [3.05, 3.63) is 0 Å². The second kappa shape index (κ2) is 7.60. The molecule has 1 atom stereocenters. The maximum Gasteiger partial charge on any atom is 0.315 e. The van der Waals surface area contributed by atoms with Crippen LogP contribution in [0.1, 0.15) is 27.2 Å². The van der Waals surface area contributed by atoms with Gasteiger partial charge in [0, 0.05) is 13.6 Å². The van der Waals surface area contributed by atoms with Crippen LogP contribution in [0.15, 0.2) is 0 Å². The Hall–Kier alpha value is -1.79. The van der Waals surface area contributed by atoms with Crippen LogP contribution in [0.25, 0.3) is 0 Å². The zero-order chi connectivity index (χ0) is 15.1. The van der Waals surface area contributed by atoms with Crippen LogP contribution in [0.3, 0.4) is 0 Å². The van der Waals surface area contributed by atoms with Crippen molar-refractivity contribution in [1.29, 1.82) is 0 Å². The summed E-state index contributed by atoms with van der Waals surface area (Å²) in [5, 5.41) is 16.2. The number of carboxylic acids is 1. The van der Waals surface area contributed by atoms with Crippen LogP contribution in [0.2, 0.25) is 0 Å². The van der Waals surface area contributed by atoms with Crippen molar-refractivity contribution >= 4 is 17.9 Å². The van der Waals surface area contributed by atoms with E-state index in [1.165, 1.54) is 7.05 Å². The van der Waals surface area contributed by atoms with Crippen molar-refractivity contribution in [1.82, 2.24) is 16.0 Å². The maximum absolute atomic E-state index is 11.4. The second-order valence-corrected chi connectivity index (χ2v) is 5.54. The van der Waals surface area contributed by atoms with E-state index in [-0.39, 0.29) is 24.4 Å². The topological polar surface area (TPSA) is 108 Å². The number of carbonyl (C=O) groups is 3. The van der Waals surface area contributed by atoms with Gasteiger partial charge >= 0.3 is 12.0 Å². The van der Waals surface area contributed by atoms with Crippen LogP contribution >= 0.6 is 0 Å². The van der Waals surface area contributed by atoms with Crippen molar-refractivity contribution in [3.8, 4) is 0 Å². The first-order valence-electron chi connectivity index (χ1n) is 6.11. The molecule has 0 saturated heterocycles. The lowest BCUT2D eigenvalue weighted by molar-refractivity contribution is -0.142. The first-order valence-corrected chi connectivity index (χ1v) is 6.11. The Morgan fingerprint density at radius 2 is 1.74 bits per heavy atom. The molecule has 0 heterocycles. The fraction of sp³-hybridized carbons (Fsp3) is 0.750. The van der Waals surface area contributed by atoms with Crippen LogP contribution in [0, 0.1) is 11.3 Å². The summed E-state index contributed by atoms with van der Waals surface area (Å²) in [5.41, 5.74) is -0.136. The average Bonchev–Trinajstić information content (AvgIpc) is 2.29. The second-order valence-electron chi connectivity index (χ2n) is 5.54. The third-order valence-corrected chi connectivity index (χ3v) is 2.41. The van der Waals surface area contributed by atoms with Gasteiger partial charge in [-0.25, -0.2) is 4.79 Å². The Morgan fingerprint density at radius 1 is 1.16 bits per heavy atom. The Balaban J connectivity index is 4.15. The van der Waals surface area contributed by atoms with E-state index in [4.69, 9.17) is 5.11 Å². The molecule has 0 aliphatic carbocycles. The van der Waals surface area contributed by atoms with Crippen LogP contribution in [0.4, 0.5) is 4.79 Å². The molecule has 4 N–H and O–H groups in total. The lowest BCUT2D eigenvalue weighted by Crippen LogP contribution is -2.44. The molecule has 0 aromatic heterocycles. The van der Waals surface area contributed by atoms with Gasteiger partial charge in [-0.1, -0.05) is 20.8 Å². The highest BCUT2D eigenvalue weighted by atomic mass is 16.4. The normalized spacial score (nSPS) is 12.4. The molecule has 0 aliphatic heterocycles.